The SMILES string of the molecule is Cc1cccc(N2CCN(S(=O)(=O)c3c(-c4nnc(C)o4)c(C)n(C)c3C)CC2)c1. The predicted molar refractivity (Wildman–Crippen MR) is 115 cm³/mol. The lowest BCUT2D eigenvalue weighted by Gasteiger charge is -2.35. The van der Waals surface area contributed by atoms with Crippen molar-refractivity contribution >= 4 is 15.7 Å². The van der Waals surface area contributed by atoms with Gasteiger partial charge in [0.1, 0.15) is 4.90 Å². The number of piperazine rings is 1. The minimum Gasteiger partial charge on any atom is -0.421 e. The molecule has 8 nitrogen and oxygen atoms in total. The molecule has 2 aromatic heterocycles. The van der Waals surface area contributed by atoms with Gasteiger partial charge in [-0.2, -0.15) is 4.31 Å². The summed E-state index contributed by atoms with van der Waals surface area (Å²) in [6.07, 6.45) is 0. The fraction of sp³-hybridized carbons (Fsp3) is 0.429. The largest absolute Gasteiger partial charge is 0.421 e. The third-order valence-electron chi connectivity index (χ3n) is 5.87. The Hall–Kier alpha value is -2.65. The van der Waals surface area contributed by atoms with Crippen LogP contribution in [-0.2, 0) is 17.1 Å². The van der Waals surface area contributed by atoms with E-state index >= 15 is 0 Å². The Morgan fingerprint density at radius 2 is 1.67 bits per heavy atom. The lowest BCUT2D eigenvalue weighted by atomic mass is 10.2. The van der Waals surface area contributed by atoms with Crippen LogP contribution >= 0.6 is 0 Å². The van der Waals surface area contributed by atoms with Crippen molar-refractivity contribution < 1.29 is 12.8 Å². The highest BCUT2D eigenvalue weighted by Gasteiger charge is 2.36. The van der Waals surface area contributed by atoms with E-state index in [1.54, 1.807) is 11.2 Å². The van der Waals surface area contributed by atoms with Crippen molar-refractivity contribution in [3.8, 4) is 11.5 Å². The van der Waals surface area contributed by atoms with Crippen molar-refractivity contribution in [2.24, 2.45) is 7.05 Å². The molecule has 1 saturated heterocycles. The third kappa shape index (κ3) is 3.41. The zero-order chi connectivity index (χ0) is 21.6. The Morgan fingerprint density at radius 1 is 0.967 bits per heavy atom. The maximum atomic E-state index is 13.7. The van der Waals surface area contributed by atoms with E-state index in [4.69, 9.17) is 4.42 Å². The molecule has 1 aliphatic heterocycles. The zero-order valence-corrected chi connectivity index (χ0v) is 18.8. The van der Waals surface area contributed by atoms with Gasteiger partial charge >= 0.3 is 0 Å². The van der Waals surface area contributed by atoms with Gasteiger partial charge in [0.15, 0.2) is 0 Å². The van der Waals surface area contributed by atoms with Crippen molar-refractivity contribution in [2.45, 2.75) is 32.6 Å². The van der Waals surface area contributed by atoms with Gasteiger partial charge in [-0.25, -0.2) is 8.42 Å². The summed E-state index contributed by atoms with van der Waals surface area (Å²) in [5, 5.41) is 7.98. The number of aryl methyl sites for hydroxylation is 2. The van der Waals surface area contributed by atoms with Crippen molar-refractivity contribution in [1.82, 2.24) is 19.1 Å². The molecule has 1 fully saturated rings. The van der Waals surface area contributed by atoms with Gasteiger partial charge in [-0.05, 0) is 38.5 Å². The molecule has 3 heterocycles. The van der Waals surface area contributed by atoms with E-state index in [-0.39, 0.29) is 10.8 Å². The van der Waals surface area contributed by atoms with Crippen LogP contribution in [0.2, 0.25) is 0 Å². The van der Waals surface area contributed by atoms with E-state index < -0.39 is 10.0 Å². The second-order valence-electron chi connectivity index (χ2n) is 7.79. The summed E-state index contributed by atoms with van der Waals surface area (Å²) in [6.45, 7) is 9.57. The van der Waals surface area contributed by atoms with E-state index in [1.807, 2.05) is 31.5 Å². The molecule has 0 aliphatic carbocycles. The molecule has 0 bridgehead atoms. The van der Waals surface area contributed by atoms with Gasteiger partial charge in [-0.15, -0.1) is 10.2 Å². The number of hydrogen-bond acceptors (Lipinski definition) is 6. The van der Waals surface area contributed by atoms with E-state index in [2.05, 4.69) is 40.2 Å². The number of nitrogens with zero attached hydrogens (tertiary/aromatic N) is 5. The molecule has 1 aromatic carbocycles. The van der Waals surface area contributed by atoms with Crippen LogP contribution in [0, 0.1) is 27.7 Å². The van der Waals surface area contributed by atoms with Crippen LogP contribution in [0.3, 0.4) is 0 Å². The highest BCUT2D eigenvalue weighted by Crippen LogP contribution is 2.36. The Balaban J connectivity index is 1.66. The first-order chi connectivity index (χ1) is 14.2. The molecule has 0 amide bonds. The van der Waals surface area contributed by atoms with E-state index in [0.29, 0.717) is 43.3 Å². The molecule has 1 aliphatic rings. The molecular formula is C21H27N5O3S. The highest BCUT2D eigenvalue weighted by atomic mass is 32.2. The first-order valence-corrected chi connectivity index (χ1v) is 11.4. The molecule has 0 atom stereocenters. The summed E-state index contributed by atoms with van der Waals surface area (Å²) < 4.78 is 36.4. The third-order valence-corrected chi connectivity index (χ3v) is 7.93. The molecular weight excluding hydrogens is 402 g/mol. The zero-order valence-electron chi connectivity index (χ0n) is 18.0. The van der Waals surface area contributed by atoms with Crippen molar-refractivity contribution in [2.75, 3.05) is 31.1 Å². The van der Waals surface area contributed by atoms with Gasteiger partial charge in [-0.3, -0.25) is 0 Å². The van der Waals surface area contributed by atoms with Crippen molar-refractivity contribution in [3.05, 3.63) is 47.1 Å². The van der Waals surface area contributed by atoms with E-state index in [0.717, 1.165) is 11.4 Å². The summed E-state index contributed by atoms with van der Waals surface area (Å²) in [7, 11) is -1.87. The summed E-state index contributed by atoms with van der Waals surface area (Å²) in [5.41, 5.74) is 4.27. The summed E-state index contributed by atoms with van der Waals surface area (Å²) >= 11 is 0. The van der Waals surface area contributed by atoms with Gasteiger partial charge in [-0.1, -0.05) is 12.1 Å². The molecule has 9 heteroatoms. The number of anilines is 1. The second-order valence-corrected chi connectivity index (χ2v) is 9.67. The Kier molecular flexibility index (Phi) is 5.19. The first kappa shape index (κ1) is 20.6. The molecule has 0 saturated carbocycles. The minimum atomic E-state index is -3.72. The molecule has 0 N–H and O–H groups in total. The molecule has 4 rings (SSSR count). The average Bonchev–Trinajstić information content (AvgIpc) is 3.24. The van der Waals surface area contributed by atoms with Crippen LogP contribution in [0.25, 0.3) is 11.5 Å². The Morgan fingerprint density at radius 3 is 2.27 bits per heavy atom. The van der Waals surface area contributed by atoms with E-state index in [1.165, 1.54) is 5.56 Å². The fourth-order valence-corrected chi connectivity index (χ4v) is 5.93. The van der Waals surface area contributed by atoms with Crippen LogP contribution in [0.15, 0.2) is 33.6 Å². The van der Waals surface area contributed by atoms with Gasteiger partial charge in [0, 0.05) is 57.2 Å². The number of hydrogen-bond donors (Lipinski definition) is 0. The summed E-state index contributed by atoms with van der Waals surface area (Å²) in [6, 6.07) is 8.29. The van der Waals surface area contributed by atoms with Gasteiger partial charge < -0.3 is 13.9 Å². The fourth-order valence-electron chi connectivity index (χ4n) is 4.02. The molecule has 160 valence electrons. The van der Waals surface area contributed by atoms with Crippen LogP contribution in [0.5, 0.6) is 0 Å². The maximum Gasteiger partial charge on any atom is 0.250 e. The quantitative estimate of drug-likeness (QED) is 0.634. The topological polar surface area (TPSA) is 84.5 Å². The smallest absolute Gasteiger partial charge is 0.250 e. The summed E-state index contributed by atoms with van der Waals surface area (Å²) in [5.74, 6) is 0.645. The van der Waals surface area contributed by atoms with Gasteiger partial charge in [0.05, 0.1) is 5.56 Å². The Labute approximate surface area is 177 Å². The van der Waals surface area contributed by atoms with Crippen LogP contribution < -0.4 is 4.90 Å². The van der Waals surface area contributed by atoms with Crippen LogP contribution in [-0.4, -0.2) is 53.7 Å². The number of sulfonamides is 1. The first-order valence-electron chi connectivity index (χ1n) is 9.98. The standard InChI is InChI=1S/C21H27N5O3S/c1-14-7-6-8-18(13-14)25-9-11-26(12-10-25)30(27,28)20-16(3)24(5)15(2)19(20)21-23-22-17(4)29-21/h6-8,13H,9-12H2,1-5H3. The van der Waals surface area contributed by atoms with Crippen LogP contribution in [0.4, 0.5) is 5.69 Å². The number of benzene rings is 1. The summed E-state index contributed by atoms with van der Waals surface area (Å²) in [4.78, 5) is 2.49. The molecule has 0 unspecified atom stereocenters. The lowest BCUT2D eigenvalue weighted by Crippen LogP contribution is -2.48. The maximum absolute atomic E-state index is 13.7. The second kappa shape index (κ2) is 7.55. The van der Waals surface area contributed by atoms with Crippen LogP contribution in [0.1, 0.15) is 22.8 Å². The van der Waals surface area contributed by atoms with E-state index in [9.17, 15) is 8.42 Å². The van der Waals surface area contributed by atoms with Gasteiger partial charge in [0.25, 0.3) is 5.89 Å². The molecule has 30 heavy (non-hydrogen) atoms. The predicted octanol–water partition coefficient (Wildman–Crippen LogP) is 2.82. The highest BCUT2D eigenvalue weighted by molar-refractivity contribution is 7.89. The van der Waals surface area contributed by atoms with Gasteiger partial charge in [0.2, 0.25) is 15.9 Å². The van der Waals surface area contributed by atoms with Crippen molar-refractivity contribution in [1.29, 1.82) is 0 Å². The average molecular weight is 430 g/mol. The number of aromatic nitrogens is 3. The molecule has 3 aromatic rings. The normalized spacial score (nSPS) is 15.7. The minimum absolute atomic E-state index is 0.241. The monoisotopic (exact) mass is 429 g/mol. The number of rotatable bonds is 4. The molecule has 0 radical (unpaired) electrons. The molecule has 0 spiro atoms. The van der Waals surface area contributed by atoms with Crippen molar-refractivity contribution in [3.63, 3.8) is 0 Å². The lowest BCUT2D eigenvalue weighted by molar-refractivity contribution is 0.384. The Bertz CT molecular complexity index is 1190.